The van der Waals surface area contributed by atoms with E-state index in [9.17, 15) is 0 Å². The molecule has 0 fully saturated rings. The number of benzene rings is 4. The lowest BCUT2D eigenvalue weighted by Crippen LogP contribution is -1.99. The standard InChI is InChI=1S/C27H28O2/c1(2-8-18-28-26-16-14-22-10-4-6-12-24(22)20-26)3-9-19-29-27-17-15-23-11-5-7-13-25(23)21-27/h4-7,10-17,20-21H,1-3,8-9,18-19H2. The van der Waals surface area contributed by atoms with Crippen molar-refractivity contribution in [3.63, 3.8) is 0 Å². The molecular weight excluding hydrogens is 356 g/mol. The van der Waals surface area contributed by atoms with Gasteiger partial charge in [0.2, 0.25) is 0 Å². The highest BCUT2D eigenvalue weighted by molar-refractivity contribution is 5.84. The quantitative estimate of drug-likeness (QED) is 0.265. The van der Waals surface area contributed by atoms with Crippen LogP contribution in [0.5, 0.6) is 11.5 Å². The van der Waals surface area contributed by atoms with Gasteiger partial charge in [-0.3, -0.25) is 0 Å². The normalized spacial score (nSPS) is 11.0. The van der Waals surface area contributed by atoms with Crippen molar-refractivity contribution >= 4 is 21.5 Å². The first-order valence-corrected chi connectivity index (χ1v) is 10.6. The van der Waals surface area contributed by atoms with E-state index in [0.717, 1.165) is 37.6 Å². The molecule has 4 aromatic carbocycles. The number of rotatable bonds is 10. The highest BCUT2D eigenvalue weighted by atomic mass is 16.5. The lowest BCUT2D eigenvalue weighted by Gasteiger charge is -2.08. The Kier molecular flexibility index (Phi) is 6.64. The zero-order valence-corrected chi connectivity index (χ0v) is 16.8. The van der Waals surface area contributed by atoms with Gasteiger partial charge in [-0.15, -0.1) is 0 Å². The van der Waals surface area contributed by atoms with Crippen LogP contribution < -0.4 is 9.47 Å². The summed E-state index contributed by atoms with van der Waals surface area (Å²) < 4.78 is 11.8. The summed E-state index contributed by atoms with van der Waals surface area (Å²) in [7, 11) is 0. The average molecular weight is 385 g/mol. The molecule has 4 rings (SSSR count). The van der Waals surface area contributed by atoms with Gasteiger partial charge in [0.25, 0.3) is 0 Å². The Labute approximate surface area is 173 Å². The molecule has 0 spiro atoms. The van der Waals surface area contributed by atoms with E-state index in [-0.39, 0.29) is 0 Å². The summed E-state index contributed by atoms with van der Waals surface area (Å²) in [5.74, 6) is 1.93. The van der Waals surface area contributed by atoms with E-state index in [1.165, 1.54) is 40.8 Å². The first-order valence-electron chi connectivity index (χ1n) is 10.6. The highest BCUT2D eigenvalue weighted by Crippen LogP contribution is 2.22. The molecule has 0 saturated heterocycles. The minimum Gasteiger partial charge on any atom is -0.494 e. The molecule has 29 heavy (non-hydrogen) atoms. The Hall–Kier alpha value is -3.00. The second-order valence-electron chi connectivity index (χ2n) is 7.48. The van der Waals surface area contributed by atoms with Crippen LogP contribution in [0.15, 0.2) is 84.9 Å². The molecule has 0 saturated carbocycles. The van der Waals surface area contributed by atoms with Crippen molar-refractivity contribution in [2.45, 2.75) is 32.1 Å². The van der Waals surface area contributed by atoms with E-state index in [1.807, 2.05) is 0 Å². The van der Waals surface area contributed by atoms with E-state index in [4.69, 9.17) is 9.47 Å². The maximum atomic E-state index is 5.91. The second-order valence-corrected chi connectivity index (χ2v) is 7.48. The molecule has 0 aliphatic rings. The third-order valence-electron chi connectivity index (χ3n) is 5.27. The fraction of sp³-hybridized carbons (Fsp3) is 0.259. The van der Waals surface area contributed by atoms with Gasteiger partial charge in [0.15, 0.2) is 0 Å². The monoisotopic (exact) mass is 384 g/mol. The van der Waals surface area contributed by atoms with Gasteiger partial charge in [-0.05, 0) is 58.7 Å². The van der Waals surface area contributed by atoms with Gasteiger partial charge < -0.3 is 9.47 Å². The van der Waals surface area contributed by atoms with Crippen LogP contribution in [0.4, 0.5) is 0 Å². The first-order chi connectivity index (χ1) is 14.4. The molecule has 0 amide bonds. The molecule has 0 atom stereocenters. The van der Waals surface area contributed by atoms with E-state index in [2.05, 4.69) is 84.9 Å². The summed E-state index contributed by atoms with van der Waals surface area (Å²) in [6.45, 7) is 1.57. The lowest BCUT2D eigenvalue weighted by atomic mass is 10.1. The van der Waals surface area contributed by atoms with Crippen LogP contribution in [-0.4, -0.2) is 13.2 Å². The predicted molar refractivity (Wildman–Crippen MR) is 122 cm³/mol. The SMILES string of the molecule is c1ccc2cc(OCCCCCCCOc3ccc4ccccc4c3)ccc2c1. The Morgan fingerprint density at radius 3 is 1.31 bits per heavy atom. The van der Waals surface area contributed by atoms with E-state index >= 15 is 0 Å². The van der Waals surface area contributed by atoms with Crippen molar-refractivity contribution in [3.05, 3.63) is 84.9 Å². The molecule has 0 unspecified atom stereocenters. The molecule has 0 bridgehead atoms. The molecule has 0 aliphatic heterocycles. The molecule has 0 heterocycles. The number of hydrogen-bond donors (Lipinski definition) is 0. The lowest BCUT2D eigenvalue weighted by molar-refractivity contribution is 0.294. The van der Waals surface area contributed by atoms with Crippen LogP contribution in [-0.2, 0) is 0 Å². The van der Waals surface area contributed by atoms with Crippen LogP contribution in [0.25, 0.3) is 21.5 Å². The van der Waals surface area contributed by atoms with E-state index in [1.54, 1.807) is 0 Å². The predicted octanol–water partition coefficient (Wildman–Crippen LogP) is 7.40. The minimum atomic E-state index is 0.784. The van der Waals surface area contributed by atoms with Crippen molar-refractivity contribution in [2.75, 3.05) is 13.2 Å². The molecule has 2 nitrogen and oxygen atoms in total. The van der Waals surface area contributed by atoms with Crippen molar-refractivity contribution in [2.24, 2.45) is 0 Å². The molecule has 4 aromatic rings. The summed E-state index contributed by atoms with van der Waals surface area (Å²) in [5.41, 5.74) is 0. The van der Waals surface area contributed by atoms with E-state index < -0.39 is 0 Å². The van der Waals surface area contributed by atoms with Gasteiger partial charge in [0.1, 0.15) is 11.5 Å². The van der Waals surface area contributed by atoms with Crippen molar-refractivity contribution in [1.29, 1.82) is 0 Å². The number of ether oxygens (including phenoxy) is 2. The Balaban J connectivity index is 1.08. The van der Waals surface area contributed by atoms with Gasteiger partial charge >= 0.3 is 0 Å². The summed E-state index contributed by atoms with van der Waals surface area (Å²) in [4.78, 5) is 0. The average Bonchev–Trinajstić information content (AvgIpc) is 2.77. The third-order valence-corrected chi connectivity index (χ3v) is 5.27. The molecule has 0 N–H and O–H groups in total. The summed E-state index contributed by atoms with van der Waals surface area (Å²) in [6, 6.07) is 29.4. The maximum absolute atomic E-state index is 5.91. The second kappa shape index (κ2) is 9.97. The van der Waals surface area contributed by atoms with Gasteiger partial charge in [-0.1, -0.05) is 79.9 Å². The van der Waals surface area contributed by atoms with Gasteiger partial charge in [-0.25, -0.2) is 0 Å². The van der Waals surface area contributed by atoms with E-state index in [0.29, 0.717) is 0 Å². The number of unbranched alkanes of at least 4 members (excludes halogenated alkanes) is 4. The van der Waals surface area contributed by atoms with Crippen LogP contribution >= 0.6 is 0 Å². The topological polar surface area (TPSA) is 18.5 Å². The van der Waals surface area contributed by atoms with Gasteiger partial charge in [0.05, 0.1) is 13.2 Å². The fourth-order valence-electron chi connectivity index (χ4n) is 3.63. The number of hydrogen-bond acceptors (Lipinski definition) is 2. The van der Waals surface area contributed by atoms with Crippen LogP contribution in [0.2, 0.25) is 0 Å². The van der Waals surface area contributed by atoms with Crippen molar-refractivity contribution in [3.8, 4) is 11.5 Å². The maximum Gasteiger partial charge on any atom is 0.119 e. The molecule has 148 valence electrons. The summed E-state index contributed by atoms with van der Waals surface area (Å²) >= 11 is 0. The van der Waals surface area contributed by atoms with Crippen molar-refractivity contribution < 1.29 is 9.47 Å². The first kappa shape index (κ1) is 19.3. The Morgan fingerprint density at radius 1 is 0.414 bits per heavy atom. The fourth-order valence-corrected chi connectivity index (χ4v) is 3.63. The zero-order valence-electron chi connectivity index (χ0n) is 16.8. The smallest absolute Gasteiger partial charge is 0.119 e. The molecular formula is C27H28O2. The van der Waals surface area contributed by atoms with Crippen LogP contribution in [0.1, 0.15) is 32.1 Å². The van der Waals surface area contributed by atoms with Crippen LogP contribution in [0.3, 0.4) is 0 Å². The Morgan fingerprint density at radius 2 is 0.828 bits per heavy atom. The highest BCUT2D eigenvalue weighted by Gasteiger charge is 1.99. The van der Waals surface area contributed by atoms with Gasteiger partial charge in [-0.2, -0.15) is 0 Å². The molecule has 0 radical (unpaired) electrons. The van der Waals surface area contributed by atoms with Crippen molar-refractivity contribution in [1.82, 2.24) is 0 Å². The number of fused-ring (bicyclic) bond motifs is 2. The zero-order chi connectivity index (χ0) is 19.7. The van der Waals surface area contributed by atoms with Crippen LogP contribution in [0, 0.1) is 0 Å². The molecule has 2 heteroatoms. The largest absolute Gasteiger partial charge is 0.494 e. The Bertz CT molecular complexity index is 969. The summed E-state index contributed by atoms with van der Waals surface area (Å²) in [6.07, 6.45) is 5.81. The molecule has 0 aliphatic carbocycles. The summed E-state index contributed by atoms with van der Waals surface area (Å²) in [5, 5.41) is 4.98. The third kappa shape index (κ3) is 5.51. The minimum absolute atomic E-state index is 0.784. The molecule has 0 aromatic heterocycles. The van der Waals surface area contributed by atoms with Gasteiger partial charge in [0, 0.05) is 0 Å².